The van der Waals surface area contributed by atoms with Crippen molar-refractivity contribution in [3.8, 4) is 17.2 Å². The molecule has 14 heteroatoms. The first-order valence-corrected chi connectivity index (χ1v) is 12.1. The summed E-state index contributed by atoms with van der Waals surface area (Å²) in [5.41, 5.74) is 0.389. The van der Waals surface area contributed by atoms with Gasteiger partial charge in [0.1, 0.15) is 66.1 Å². The normalized spacial score (nSPS) is 35.1. The largest absolute Gasteiger partial charge is 0.506 e. The summed E-state index contributed by atoms with van der Waals surface area (Å²) in [4.78, 5) is 12.2. The Morgan fingerprint density at radius 1 is 0.795 bits per heavy atom. The zero-order valence-corrected chi connectivity index (χ0v) is 21.0. The number of ketones is 1. The van der Waals surface area contributed by atoms with E-state index in [0.717, 1.165) is 0 Å². The number of benzene rings is 2. The molecule has 2 aromatic carbocycles. The zero-order valence-electron chi connectivity index (χ0n) is 21.0. The summed E-state index contributed by atoms with van der Waals surface area (Å²) in [5.74, 6) is -1.21. The average Bonchev–Trinajstić information content (AvgIpc) is 2.88. The molecule has 216 valence electrons. The highest BCUT2D eigenvalue weighted by atomic mass is 16.7. The number of rotatable bonds is 7. The third-order valence-electron chi connectivity index (χ3n) is 6.89. The van der Waals surface area contributed by atoms with Crippen LogP contribution >= 0.6 is 0 Å². The molecule has 0 aliphatic carbocycles. The maximum atomic E-state index is 12.2. The molecule has 0 spiro atoms. The van der Waals surface area contributed by atoms with Crippen molar-refractivity contribution in [2.75, 3.05) is 13.2 Å². The molecule has 0 unspecified atom stereocenters. The highest BCUT2D eigenvalue weighted by Gasteiger charge is 2.46. The number of aromatic hydroxyl groups is 1. The van der Waals surface area contributed by atoms with E-state index in [4.69, 9.17) is 18.9 Å². The topological polar surface area (TPSA) is 236 Å². The number of aryl methyl sites for hydroxylation is 1. The summed E-state index contributed by atoms with van der Waals surface area (Å²) in [5, 5.41) is 91.4. The molecule has 0 amide bonds. The van der Waals surface area contributed by atoms with Gasteiger partial charge in [0.05, 0.1) is 24.2 Å². The van der Waals surface area contributed by atoms with Gasteiger partial charge in [0.15, 0.2) is 5.78 Å². The van der Waals surface area contributed by atoms with Crippen LogP contribution in [0.2, 0.25) is 0 Å². The number of phenolic OH excluding ortho intramolecular Hbond substituents is 1. The van der Waals surface area contributed by atoms with Crippen molar-refractivity contribution in [2.24, 2.45) is 0 Å². The second kappa shape index (κ2) is 11.5. The smallest absolute Gasteiger partial charge is 0.229 e. The third kappa shape index (κ3) is 5.40. The standard InChI is InChI=1S/C25H32O14/c1-8-3-10-4-11(36-24-22(34)20(32)17(29)13(6-26)38-24)5-12(16(10)19(31)15(8)9(2)28)37-25-23(35)21(33)18(30)14(7-27)39-25/h3-5,13-14,17-18,20-27,29-35H,6-7H2,1-2H3/t13-,14-,17-,18-,20+,21+,22-,23-,24-,25-/m1/s1. The molecule has 14 nitrogen and oxygen atoms in total. The van der Waals surface area contributed by atoms with E-state index in [1.807, 2.05) is 0 Å². The van der Waals surface area contributed by atoms with Crippen molar-refractivity contribution in [3.63, 3.8) is 0 Å². The Hall–Kier alpha value is -2.63. The number of ether oxygens (including phenoxy) is 4. The van der Waals surface area contributed by atoms with Crippen LogP contribution in [0.3, 0.4) is 0 Å². The Kier molecular flexibility index (Phi) is 8.63. The van der Waals surface area contributed by atoms with Crippen LogP contribution in [0.25, 0.3) is 10.8 Å². The fourth-order valence-corrected chi connectivity index (χ4v) is 4.79. The summed E-state index contributed by atoms with van der Waals surface area (Å²) < 4.78 is 22.3. The van der Waals surface area contributed by atoms with Crippen LogP contribution in [0.1, 0.15) is 22.8 Å². The number of hydrogen-bond acceptors (Lipinski definition) is 14. The number of hydrogen-bond donors (Lipinski definition) is 9. The molecule has 0 bridgehead atoms. The van der Waals surface area contributed by atoms with Gasteiger partial charge in [-0.25, -0.2) is 0 Å². The minimum absolute atomic E-state index is 0.0103. The van der Waals surface area contributed by atoms with Crippen LogP contribution in [0.5, 0.6) is 17.2 Å². The monoisotopic (exact) mass is 556 g/mol. The summed E-state index contributed by atoms with van der Waals surface area (Å²) in [7, 11) is 0. The van der Waals surface area contributed by atoms with Gasteiger partial charge in [-0.3, -0.25) is 4.79 Å². The van der Waals surface area contributed by atoms with Crippen LogP contribution in [-0.4, -0.2) is 126 Å². The molecule has 2 heterocycles. The molecule has 10 atom stereocenters. The molecule has 2 aromatic rings. The van der Waals surface area contributed by atoms with E-state index in [0.29, 0.717) is 5.56 Å². The number of carbonyl (C=O) groups is 1. The molecular formula is C25H32O14. The zero-order chi connectivity index (χ0) is 28.8. The van der Waals surface area contributed by atoms with E-state index >= 15 is 0 Å². The van der Waals surface area contributed by atoms with Crippen molar-refractivity contribution in [1.82, 2.24) is 0 Å². The summed E-state index contributed by atoms with van der Waals surface area (Å²) in [6.07, 6.45) is -16.0. The molecule has 0 radical (unpaired) electrons. The van der Waals surface area contributed by atoms with Crippen LogP contribution < -0.4 is 9.47 Å². The van der Waals surface area contributed by atoms with Gasteiger partial charge in [0.25, 0.3) is 0 Å². The van der Waals surface area contributed by atoms with E-state index in [1.54, 1.807) is 6.92 Å². The highest BCUT2D eigenvalue weighted by molar-refractivity contribution is 6.07. The van der Waals surface area contributed by atoms with Crippen molar-refractivity contribution >= 4 is 16.6 Å². The van der Waals surface area contributed by atoms with Crippen LogP contribution in [0, 0.1) is 6.92 Å². The molecule has 2 fully saturated rings. The Balaban J connectivity index is 1.79. The predicted octanol–water partition coefficient (Wildman–Crippen LogP) is -2.59. The van der Waals surface area contributed by atoms with Crippen molar-refractivity contribution in [3.05, 3.63) is 29.3 Å². The second-order valence-corrected chi connectivity index (χ2v) is 9.62. The molecule has 4 rings (SSSR count). The maximum Gasteiger partial charge on any atom is 0.229 e. The fraction of sp³-hybridized carbons (Fsp3) is 0.560. The number of carbonyl (C=O) groups excluding carboxylic acids is 1. The summed E-state index contributed by atoms with van der Waals surface area (Å²) >= 11 is 0. The quantitative estimate of drug-likeness (QED) is 0.159. The summed E-state index contributed by atoms with van der Waals surface area (Å²) in [6, 6.07) is 4.11. The van der Waals surface area contributed by atoms with Crippen molar-refractivity contribution < 1.29 is 69.7 Å². The SMILES string of the molecule is CC(=O)c1c(C)cc2cc(O[C@@H]3O[C@H](CO)[C@@H](O)[C@H](O)[C@H]3O)cc(O[C@@H]3O[C@H](CO)[C@@H](O)[C@H](O)[C@H]3O)c2c1O. The molecule has 0 saturated carbocycles. The first-order chi connectivity index (χ1) is 18.4. The molecule has 2 aliphatic heterocycles. The second-order valence-electron chi connectivity index (χ2n) is 9.62. The lowest BCUT2D eigenvalue weighted by atomic mass is 9.96. The Bertz CT molecular complexity index is 1200. The Morgan fingerprint density at radius 3 is 1.79 bits per heavy atom. The minimum Gasteiger partial charge on any atom is -0.506 e. The van der Waals surface area contributed by atoms with Gasteiger partial charge in [-0.1, -0.05) is 6.07 Å². The van der Waals surface area contributed by atoms with Gasteiger partial charge >= 0.3 is 0 Å². The lowest BCUT2D eigenvalue weighted by molar-refractivity contribution is -0.278. The van der Waals surface area contributed by atoms with Gasteiger partial charge in [-0.2, -0.15) is 0 Å². The maximum absolute atomic E-state index is 12.2. The number of phenols is 1. The third-order valence-corrected chi connectivity index (χ3v) is 6.89. The first-order valence-electron chi connectivity index (χ1n) is 12.1. The minimum atomic E-state index is -1.80. The van der Waals surface area contributed by atoms with Gasteiger partial charge in [-0.05, 0) is 30.9 Å². The van der Waals surface area contributed by atoms with Crippen molar-refractivity contribution in [2.45, 2.75) is 75.3 Å². The lowest BCUT2D eigenvalue weighted by Crippen LogP contribution is -2.60. The summed E-state index contributed by atoms with van der Waals surface area (Å²) in [6.45, 7) is 1.43. The van der Waals surface area contributed by atoms with E-state index in [9.17, 15) is 50.8 Å². The number of aliphatic hydroxyl groups excluding tert-OH is 8. The Labute approximate surface area is 221 Å². The highest BCUT2D eigenvalue weighted by Crippen LogP contribution is 2.42. The lowest BCUT2D eigenvalue weighted by Gasteiger charge is -2.40. The Morgan fingerprint density at radius 2 is 1.31 bits per heavy atom. The number of Topliss-reactive ketones (excluding diaryl/α,β-unsaturated/α-hetero) is 1. The molecular weight excluding hydrogens is 524 g/mol. The van der Waals surface area contributed by atoms with E-state index in [2.05, 4.69) is 0 Å². The van der Waals surface area contributed by atoms with Gasteiger partial charge in [0.2, 0.25) is 12.6 Å². The van der Waals surface area contributed by atoms with Crippen LogP contribution in [0.15, 0.2) is 18.2 Å². The number of fused-ring (bicyclic) bond motifs is 1. The molecule has 9 N–H and O–H groups in total. The molecule has 2 saturated heterocycles. The fourth-order valence-electron chi connectivity index (χ4n) is 4.79. The molecule has 2 aliphatic rings. The van der Waals surface area contributed by atoms with Gasteiger partial charge in [0, 0.05) is 6.07 Å². The number of aliphatic hydroxyl groups is 8. The first kappa shape index (κ1) is 29.4. The van der Waals surface area contributed by atoms with E-state index in [1.165, 1.54) is 25.1 Å². The molecule has 0 aromatic heterocycles. The van der Waals surface area contributed by atoms with E-state index in [-0.39, 0.29) is 27.8 Å². The van der Waals surface area contributed by atoms with Gasteiger partial charge in [-0.15, -0.1) is 0 Å². The van der Waals surface area contributed by atoms with Crippen LogP contribution in [0.4, 0.5) is 0 Å². The average molecular weight is 557 g/mol. The molecule has 39 heavy (non-hydrogen) atoms. The van der Waals surface area contributed by atoms with Gasteiger partial charge < -0.3 is 64.9 Å². The van der Waals surface area contributed by atoms with Crippen LogP contribution in [-0.2, 0) is 9.47 Å². The van der Waals surface area contributed by atoms with Crippen molar-refractivity contribution in [1.29, 1.82) is 0 Å². The van der Waals surface area contributed by atoms with E-state index < -0.39 is 86.2 Å². The predicted molar refractivity (Wildman–Crippen MR) is 129 cm³/mol.